The van der Waals surface area contributed by atoms with Crippen molar-refractivity contribution in [2.24, 2.45) is 5.92 Å². The van der Waals surface area contributed by atoms with Crippen molar-refractivity contribution < 1.29 is 23.9 Å². The molecule has 1 heterocycles. The minimum Gasteiger partial charge on any atom is -0.423 e. The summed E-state index contributed by atoms with van der Waals surface area (Å²) >= 11 is 0. The van der Waals surface area contributed by atoms with Crippen LogP contribution >= 0.6 is 0 Å². The van der Waals surface area contributed by atoms with Crippen LogP contribution in [0.15, 0.2) is 18.2 Å². The van der Waals surface area contributed by atoms with E-state index < -0.39 is 12.9 Å². The van der Waals surface area contributed by atoms with E-state index in [4.69, 9.17) is 19.5 Å². The molecule has 18 heavy (non-hydrogen) atoms. The Morgan fingerprint density at radius 2 is 2.28 bits per heavy atom. The molecule has 1 aromatic rings. The van der Waals surface area contributed by atoms with Crippen molar-refractivity contribution in [1.82, 2.24) is 0 Å². The van der Waals surface area contributed by atoms with Gasteiger partial charge in [-0.15, -0.1) is 0 Å². The third kappa shape index (κ3) is 3.52. The smallest absolute Gasteiger partial charge is 0.423 e. The molecule has 1 aromatic carbocycles. The van der Waals surface area contributed by atoms with E-state index >= 15 is 0 Å². The summed E-state index contributed by atoms with van der Waals surface area (Å²) in [4.78, 5) is 0. The highest BCUT2D eigenvalue weighted by Gasteiger charge is 2.16. The Kier molecular flexibility index (Phi) is 4.71. The van der Waals surface area contributed by atoms with Crippen LogP contribution in [0.1, 0.15) is 12.0 Å². The molecule has 0 amide bonds. The minimum atomic E-state index is -1.65. The first-order valence-electron chi connectivity index (χ1n) is 5.97. The fourth-order valence-corrected chi connectivity index (χ4v) is 1.89. The minimum absolute atomic E-state index is 0.139. The summed E-state index contributed by atoms with van der Waals surface area (Å²) in [7, 11) is -1.65. The maximum atomic E-state index is 13.6. The lowest BCUT2D eigenvalue weighted by Crippen LogP contribution is -2.30. The van der Waals surface area contributed by atoms with Gasteiger partial charge in [-0.2, -0.15) is 0 Å². The maximum Gasteiger partial charge on any atom is 0.488 e. The van der Waals surface area contributed by atoms with Gasteiger partial charge in [0.15, 0.2) is 0 Å². The van der Waals surface area contributed by atoms with E-state index in [2.05, 4.69) is 0 Å². The third-order valence-corrected chi connectivity index (χ3v) is 3.01. The molecule has 0 aromatic heterocycles. The Balaban J connectivity index is 1.85. The molecule has 0 spiro atoms. The standard InChI is InChI=1S/C12H16BFO4/c14-12-5-11(13(15)16)2-1-10(12)8-18-7-9-3-4-17-6-9/h1-2,5,9,15-16H,3-4,6-8H2. The molecule has 0 bridgehead atoms. The lowest BCUT2D eigenvalue weighted by molar-refractivity contribution is 0.0775. The van der Waals surface area contributed by atoms with E-state index in [-0.39, 0.29) is 12.1 Å². The van der Waals surface area contributed by atoms with Gasteiger partial charge in [0.05, 0.1) is 19.8 Å². The molecule has 0 radical (unpaired) electrons. The Labute approximate surface area is 105 Å². The predicted octanol–water partition coefficient (Wildman–Crippen LogP) is 0.0586. The van der Waals surface area contributed by atoms with Crippen molar-refractivity contribution >= 4 is 12.6 Å². The van der Waals surface area contributed by atoms with E-state index in [1.54, 1.807) is 0 Å². The summed E-state index contributed by atoms with van der Waals surface area (Å²) in [5, 5.41) is 17.8. The van der Waals surface area contributed by atoms with Gasteiger partial charge >= 0.3 is 7.12 Å². The van der Waals surface area contributed by atoms with Crippen LogP contribution in [0.4, 0.5) is 4.39 Å². The highest BCUT2D eigenvalue weighted by molar-refractivity contribution is 6.58. The molecule has 1 aliphatic rings. The zero-order chi connectivity index (χ0) is 13.0. The molecule has 2 rings (SSSR count). The Morgan fingerprint density at radius 1 is 1.44 bits per heavy atom. The lowest BCUT2D eigenvalue weighted by Gasteiger charge is -2.10. The largest absolute Gasteiger partial charge is 0.488 e. The van der Waals surface area contributed by atoms with Crippen LogP contribution in [-0.4, -0.2) is 37.0 Å². The Bertz CT molecular complexity index is 394. The first-order chi connectivity index (χ1) is 8.66. The molecule has 0 aliphatic carbocycles. The lowest BCUT2D eigenvalue weighted by atomic mass is 9.80. The van der Waals surface area contributed by atoms with Gasteiger partial charge in [0.25, 0.3) is 0 Å². The first-order valence-corrected chi connectivity index (χ1v) is 5.97. The second kappa shape index (κ2) is 6.29. The molecule has 4 nitrogen and oxygen atoms in total. The average Bonchev–Trinajstić information content (AvgIpc) is 2.84. The van der Waals surface area contributed by atoms with Crippen LogP contribution < -0.4 is 5.46 Å². The summed E-state index contributed by atoms with van der Waals surface area (Å²) in [5.74, 6) is -0.0881. The highest BCUT2D eigenvalue weighted by atomic mass is 19.1. The molecule has 98 valence electrons. The number of rotatable bonds is 5. The van der Waals surface area contributed by atoms with Crippen LogP contribution in [0.5, 0.6) is 0 Å². The van der Waals surface area contributed by atoms with Crippen molar-refractivity contribution in [3.63, 3.8) is 0 Å². The van der Waals surface area contributed by atoms with E-state index in [1.165, 1.54) is 12.1 Å². The van der Waals surface area contributed by atoms with Gasteiger partial charge in [-0.1, -0.05) is 12.1 Å². The fourth-order valence-electron chi connectivity index (χ4n) is 1.89. The van der Waals surface area contributed by atoms with Gasteiger partial charge in [0.1, 0.15) is 5.82 Å². The molecule has 1 saturated heterocycles. The second-order valence-corrected chi connectivity index (χ2v) is 4.47. The molecular weight excluding hydrogens is 238 g/mol. The highest BCUT2D eigenvalue weighted by Crippen LogP contribution is 2.14. The molecule has 1 aliphatic heterocycles. The number of benzene rings is 1. The number of hydrogen-bond acceptors (Lipinski definition) is 4. The normalized spacial score (nSPS) is 19.2. The Morgan fingerprint density at radius 3 is 2.89 bits per heavy atom. The predicted molar refractivity (Wildman–Crippen MR) is 64.8 cm³/mol. The quantitative estimate of drug-likeness (QED) is 0.729. The summed E-state index contributed by atoms with van der Waals surface area (Å²) in [6.45, 7) is 2.22. The summed E-state index contributed by atoms with van der Waals surface area (Å²) in [5.41, 5.74) is 0.554. The van der Waals surface area contributed by atoms with Gasteiger partial charge in [0, 0.05) is 18.1 Å². The first kappa shape index (κ1) is 13.5. The van der Waals surface area contributed by atoms with Crippen molar-refractivity contribution in [2.45, 2.75) is 13.0 Å². The van der Waals surface area contributed by atoms with E-state index in [0.29, 0.717) is 24.7 Å². The van der Waals surface area contributed by atoms with Crippen molar-refractivity contribution in [3.8, 4) is 0 Å². The van der Waals surface area contributed by atoms with Gasteiger partial charge in [-0.05, 0) is 17.9 Å². The molecule has 6 heteroatoms. The van der Waals surface area contributed by atoms with E-state index in [0.717, 1.165) is 19.1 Å². The second-order valence-electron chi connectivity index (χ2n) is 4.47. The van der Waals surface area contributed by atoms with Gasteiger partial charge in [-0.25, -0.2) is 4.39 Å². The van der Waals surface area contributed by atoms with Gasteiger partial charge < -0.3 is 19.5 Å². The van der Waals surface area contributed by atoms with Gasteiger partial charge in [0.2, 0.25) is 0 Å². The monoisotopic (exact) mass is 254 g/mol. The summed E-state index contributed by atoms with van der Waals surface area (Å²) in [6.07, 6.45) is 0.984. The van der Waals surface area contributed by atoms with Crippen molar-refractivity contribution in [3.05, 3.63) is 29.6 Å². The summed E-state index contributed by atoms with van der Waals surface area (Å²) < 4.78 is 24.2. The maximum absolute atomic E-state index is 13.6. The number of ether oxygens (including phenoxy) is 2. The van der Waals surface area contributed by atoms with Crippen molar-refractivity contribution in [1.29, 1.82) is 0 Å². The van der Waals surface area contributed by atoms with Crippen LogP contribution in [0.3, 0.4) is 0 Å². The van der Waals surface area contributed by atoms with Crippen LogP contribution in [0, 0.1) is 11.7 Å². The van der Waals surface area contributed by atoms with E-state index in [1.807, 2.05) is 0 Å². The summed E-state index contributed by atoms with van der Waals surface area (Å²) in [6, 6.07) is 4.10. The average molecular weight is 254 g/mol. The van der Waals surface area contributed by atoms with E-state index in [9.17, 15) is 4.39 Å². The van der Waals surface area contributed by atoms with Gasteiger partial charge in [-0.3, -0.25) is 0 Å². The molecule has 2 N–H and O–H groups in total. The van der Waals surface area contributed by atoms with Crippen LogP contribution in [0.2, 0.25) is 0 Å². The van der Waals surface area contributed by atoms with Crippen LogP contribution in [-0.2, 0) is 16.1 Å². The Hall–Kier alpha value is -0.945. The van der Waals surface area contributed by atoms with Crippen LogP contribution in [0.25, 0.3) is 0 Å². The molecule has 1 fully saturated rings. The van der Waals surface area contributed by atoms with Crippen molar-refractivity contribution in [2.75, 3.05) is 19.8 Å². The molecule has 1 atom stereocenters. The third-order valence-electron chi connectivity index (χ3n) is 3.01. The topological polar surface area (TPSA) is 58.9 Å². The molecule has 0 saturated carbocycles. The molecule has 1 unspecified atom stereocenters. The SMILES string of the molecule is OB(O)c1ccc(COCC2CCOC2)c(F)c1. The zero-order valence-corrected chi connectivity index (χ0v) is 10.0. The number of halogens is 1. The zero-order valence-electron chi connectivity index (χ0n) is 10.0. The molecular formula is C12H16BFO4. The number of hydrogen-bond donors (Lipinski definition) is 2. The fraction of sp³-hybridized carbons (Fsp3) is 0.500.